The minimum atomic E-state index is -0.0616. The predicted molar refractivity (Wildman–Crippen MR) is 151 cm³/mol. The lowest BCUT2D eigenvalue weighted by atomic mass is 9.78. The Kier molecular flexibility index (Phi) is 6.85. The third-order valence-electron chi connectivity index (χ3n) is 5.96. The molecule has 0 fully saturated rings. The normalized spacial score (nSPS) is 12.1. The number of nitrogens with zero attached hydrogens (tertiary/aromatic N) is 2. The summed E-state index contributed by atoms with van der Waals surface area (Å²) in [6.45, 7) is 13.5. The first-order chi connectivity index (χ1) is 15.9. The van der Waals surface area contributed by atoms with Crippen molar-refractivity contribution in [1.82, 2.24) is 9.97 Å². The highest BCUT2D eigenvalue weighted by Crippen LogP contribution is 2.43. The van der Waals surface area contributed by atoms with Crippen LogP contribution in [0.5, 0.6) is 0 Å². The van der Waals surface area contributed by atoms with Crippen LogP contribution in [0, 0.1) is 0 Å². The Bertz CT molecular complexity index is 1310. The number of rotatable bonds is 3. The van der Waals surface area contributed by atoms with Crippen molar-refractivity contribution in [3.05, 3.63) is 93.0 Å². The van der Waals surface area contributed by atoms with E-state index in [4.69, 9.17) is 4.98 Å². The second-order valence-corrected chi connectivity index (χ2v) is 12.5. The van der Waals surface area contributed by atoms with Crippen molar-refractivity contribution in [3.8, 4) is 33.8 Å². The molecule has 0 saturated heterocycles. The van der Waals surface area contributed by atoms with Gasteiger partial charge in [0.1, 0.15) is 0 Å². The molecule has 0 N–H and O–H groups in total. The van der Waals surface area contributed by atoms with Gasteiger partial charge in [-0.2, -0.15) is 0 Å². The van der Waals surface area contributed by atoms with Crippen LogP contribution in [0.2, 0.25) is 0 Å². The Morgan fingerprint density at radius 3 is 1.91 bits per heavy atom. The van der Waals surface area contributed by atoms with Gasteiger partial charge >= 0.3 is 0 Å². The summed E-state index contributed by atoms with van der Waals surface area (Å²) >= 11 is 7.44. The van der Waals surface area contributed by atoms with Crippen molar-refractivity contribution in [1.29, 1.82) is 0 Å². The molecular formula is C30H30Br2N2. The van der Waals surface area contributed by atoms with Crippen LogP contribution >= 0.6 is 31.9 Å². The number of benzene rings is 2. The van der Waals surface area contributed by atoms with Gasteiger partial charge in [-0.05, 0) is 76.1 Å². The molecule has 4 rings (SSSR count). The molecule has 0 saturated carbocycles. The SMILES string of the molecule is CC(C)(C)c1cc(-c2nc(-c3ccccn3)ccc2-c2ccc(Br)cc2)c(C(C)(C)C)cc1Br. The molecule has 0 atom stereocenters. The quantitative estimate of drug-likeness (QED) is 0.242. The van der Waals surface area contributed by atoms with Crippen LogP contribution in [0.15, 0.2) is 81.9 Å². The van der Waals surface area contributed by atoms with Gasteiger partial charge in [-0.1, -0.05) is 91.6 Å². The van der Waals surface area contributed by atoms with Gasteiger partial charge in [-0.15, -0.1) is 0 Å². The summed E-state index contributed by atoms with van der Waals surface area (Å²) in [6, 6.07) is 23.3. The first-order valence-electron chi connectivity index (χ1n) is 11.5. The zero-order valence-corrected chi connectivity index (χ0v) is 23.8. The van der Waals surface area contributed by atoms with E-state index in [-0.39, 0.29) is 10.8 Å². The molecule has 174 valence electrons. The fourth-order valence-electron chi connectivity index (χ4n) is 4.15. The Morgan fingerprint density at radius 2 is 1.32 bits per heavy atom. The first-order valence-corrected chi connectivity index (χ1v) is 13.1. The summed E-state index contributed by atoms with van der Waals surface area (Å²) in [5.74, 6) is 0. The average molecular weight is 578 g/mol. The number of pyridine rings is 2. The number of aromatic nitrogens is 2. The van der Waals surface area contributed by atoms with Gasteiger partial charge in [0.25, 0.3) is 0 Å². The fourth-order valence-corrected chi connectivity index (χ4v) is 5.35. The predicted octanol–water partition coefficient (Wildman–Crippen LogP) is 9.60. The summed E-state index contributed by atoms with van der Waals surface area (Å²) < 4.78 is 2.20. The Hall–Kier alpha value is -2.30. The van der Waals surface area contributed by atoms with E-state index in [0.29, 0.717) is 0 Å². The van der Waals surface area contributed by atoms with E-state index < -0.39 is 0 Å². The molecule has 0 spiro atoms. The van der Waals surface area contributed by atoms with Gasteiger partial charge in [-0.25, -0.2) is 4.98 Å². The van der Waals surface area contributed by atoms with E-state index in [0.717, 1.165) is 42.7 Å². The molecule has 4 heteroatoms. The molecule has 0 aliphatic carbocycles. The number of halogens is 2. The van der Waals surface area contributed by atoms with E-state index in [9.17, 15) is 0 Å². The molecule has 2 aromatic carbocycles. The molecule has 2 heterocycles. The van der Waals surface area contributed by atoms with Gasteiger partial charge in [0, 0.05) is 26.3 Å². The van der Waals surface area contributed by atoms with E-state index in [1.54, 1.807) is 0 Å². The van der Waals surface area contributed by atoms with Crippen molar-refractivity contribution in [2.75, 3.05) is 0 Å². The maximum absolute atomic E-state index is 5.25. The molecule has 0 bridgehead atoms. The maximum Gasteiger partial charge on any atom is 0.0894 e. The molecule has 34 heavy (non-hydrogen) atoms. The Morgan fingerprint density at radius 1 is 0.647 bits per heavy atom. The molecule has 0 unspecified atom stereocenters. The van der Waals surface area contributed by atoms with Gasteiger partial charge < -0.3 is 0 Å². The summed E-state index contributed by atoms with van der Waals surface area (Å²) in [6.07, 6.45) is 1.82. The van der Waals surface area contributed by atoms with Gasteiger partial charge in [0.2, 0.25) is 0 Å². The molecule has 0 radical (unpaired) electrons. The van der Waals surface area contributed by atoms with Crippen LogP contribution < -0.4 is 0 Å². The molecule has 0 aliphatic heterocycles. The lowest BCUT2D eigenvalue weighted by Gasteiger charge is -2.29. The minimum absolute atomic E-state index is 0.0135. The van der Waals surface area contributed by atoms with Gasteiger partial charge in [0.15, 0.2) is 0 Å². The van der Waals surface area contributed by atoms with Crippen molar-refractivity contribution < 1.29 is 0 Å². The van der Waals surface area contributed by atoms with E-state index in [1.807, 2.05) is 24.4 Å². The van der Waals surface area contributed by atoms with E-state index >= 15 is 0 Å². The Labute approximate surface area is 220 Å². The molecular weight excluding hydrogens is 548 g/mol. The third kappa shape index (κ3) is 5.18. The number of hydrogen-bond acceptors (Lipinski definition) is 2. The van der Waals surface area contributed by atoms with Crippen LogP contribution in [0.25, 0.3) is 33.8 Å². The standard InChI is InChI=1S/C30H30Br2N2/c1-29(2,3)23-18-25(32)24(30(4,5)6)17-22(23)28-21(19-10-12-20(31)13-11-19)14-15-27(34-28)26-9-7-8-16-33-26/h7-18H,1-6H3. The second kappa shape index (κ2) is 9.39. The van der Waals surface area contributed by atoms with Gasteiger partial charge in [-0.3, -0.25) is 4.98 Å². The monoisotopic (exact) mass is 576 g/mol. The topological polar surface area (TPSA) is 25.8 Å². The summed E-state index contributed by atoms with van der Waals surface area (Å²) in [5, 5.41) is 0. The van der Waals surface area contributed by atoms with Gasteiger partial charge in [0.05, 0.1) is 17.1 Å². The van der Waals surface area contributed by atoms with Crippen LogP contribution in [-0.2, 0) is 10.8 Å². The highest BCUT2D eigenvalue weighted by atomic mass is 79.9. The summed E-state index contributed by atoms with van der Waals surface area (Å²) in [7, 11) is 0. The third-order valence-corrected chi connectivity index (χ3v) is 7.14. The van der Waals surface area contributed by atoms with Crippen molar-refractivity contribution in [2.45, 2.75) is 52.4 Å². The lowest BCUT2D eigenvalue weighted by Crippen LogP contribution is -2.17. The van der Waals surface area contributed by atoms with E-state index in [1.165, 1.54) is 11.1 Å². The zero-order valence-electron chi connectivity index (χ0n) is 20.6. The maximum atomic E-state index is 5.25. The van der Waals surface area contributed by atoms with Crippen LogP contribution in [0.4, 0.5) is 0 Å². The molecule has 2 aromatic heterocycles. The first kappa shape index (κ1) is 24.8. The molecule has 4 aromatic rings. The zero-order chi connectivity index (χ0) is 24.7. The minimum Gasteiger partial charge on any atom is -0.255 e. The number of hydrogen-bond donors (Lipinski definition) is 0. The summed E-state index contributed by atoms with van der Waals surface area (Å²) in [5.41, 5.74) is 8.59. The van der Waals surface area contributed by atoms with Crippen molar-refractivity contribution in [3.63, 3.8) is 0 Å². The Balaban J connectivity index is 2.08. The highest BCUT2D eigenvalue weighted by Gasteiger charge is 2.27. The largest absolute Gasteiger partial charge is 0.255 e. The molecule has 0 amide bonds. The van der Waals surface area contributed by atoms with Crippen LogP contribution in [0.1, 0.15) is 52.7 Å². The van der Waals surface area contributed by atoms with Crippen LogP contribution in [0.3, 0.4) is 0 Å². The smallest absolute Gasteiger partial charge is 0.0894 e. The fraction of sp³-hybridized carbons (Fsp3) is 0.267. The average Bonchev–Trinajstić information content (AvgIpc) is 2.78. The van der Waals surface area contributed by atoms with Crippen molar-refractivity contribution >= 4 is 31.9 Å². The second-order valence-electron chi connectivity index (χ2n) is 10.7. The van der Waals surface area contributed by atoms with Crippen LogP contribution in [-0.4, -0.2) is 9.97 Å². The molecule has 0 aliphatic rings. The molecule has 2 nitrogen and oxygen atoms in total. The van der Waals surface area contributed by atoms with Crippen molar-refractivity contribution in [2.24, 2.45) is 0 Å². The highest BCUT2D eigenvalue weighted by molar-refractivity contribution is 9.10. The lowest BCUT2D eigenvalue weighted by molar-refractivity contribution is 0.575. The summed E-state index contributed by atoms with van der Waals surface area (Å²) in [4.78, 5) is 9.81. The van der Waals surface area contributed by atoms with E-state index in [2.05, 4.69) is 127 Å².